The van der Waals surface area contributed by atoms with Crippen molar-refractivity contribution in [3.8, 4) is 6.07 Å². The van der Waals surface area contributed by atoms with Crippen LogP contribution in [0.25, 0.3) is 0 Å². The number of aryl methyl sites for hydroxylation is 1. The smallest absolute Gasteiger partial charge is 0.106 e. The molecule has 1 rings (SSSR count). The van der Waals surface area contributed by atoms with Crippen LogP contribution in [0.15, 0.2) is 18.2 Å². The van der Waals surface area contributed by atoms with E-state index in [2.05, 4.69) is 0 Å². The molecule has 0 aliphatic heterocycles. The van der Waals surface area contributed by atoms with E-state index >= 15 is 0 Å². The number of benzene rings is 1. The maximum Gasteiger partial charge on any atom is 0.106 e. The molecule has 86 valence electrons. The SMILES string of the molecule is Cc1ccc(C#N)c(C(O)C(O)CCCl)c1. The molecule has 0 radical (unpaired) electrons. The lowest BCUT2D eigenvalue weighted by Crippen LogP contribution is -2.19. The molecule has 1 aromatic rings. The second-order valence-corrected chi connectivity index (χ2v) is 4.07. The van der Waals surface area contributed by atoms with Crippen molar-refractivity contribution in [1.29, 1.82) is 5.26 Å². The quantitative estimate of drug-likeness (QED) is 0.789. The molecule has 0 aliphatic carbocycles. The predicted octanol–water partition coefficient (Wildman–Crippen LogP) is 1.89. The Balaban J connectivity index is 3.02. The zero-order valence-corrected chi connectivity index (χ0v) is 9.78. The second-order valence-electron chi connectivity index (χ2n) is 3.69. The molecule has 0 fully saturated rings. The van der Waals surface area contributed by atoms with Crippen LogP contribution < -0.4 is 0 Å². The second kappa shape index (κ2) is 5.86. The van der Waals surface area contributed by atoms with Gasteiger partial charge in [-0.2, -0.15) is 5.26 Å². The normalized spacial score (nSPS) is 14.2. The maximum atomic E-state index is 9.90. The highest BCUT2D eigenvalue weighted by Crippen LogP contribution is 2.23. The molecule has 0 bridgehead atoms. The van der Waals surface area contributed by atoms with Gasteiger partial charge in [-0.1, -0.05) is 17.7 Å². The molecular formula is C12H14ClNO2. The summed E-state index contributed by atoms with van der Waals surface area (Å²) < 4.78 is 0. The van der Waals surface area contributed by atoms with Gasteiger partial charge in [0.25, 0.3) is 0 Å². The van der Waals surface area contributed by atoms with Crippen molar-refractivity contribution in [2.24, 2.45) is 0 Å². The van der Waals surface area contributed by atoms with Crippen LogP contribution >= 0.6 is 11.6 Å². The molecule has 0 heterocycles. The highest BCUT2D eigenvalue weighted by molar-refractivity contribution is 6.17. The van der Waals surface area contributed by atoms with E-state index < -0.39 is 12.2 Å². The Morgan fingerprint density at radius 3 is 2.69 bits per heavy atom. The molecule has 1 aromatic carbocycles. The zero-order chi connectivity index (χ0) is 12.1. The number of hydrogen-bond acceptors (Lipinski definition) is 3. The van der Waals surface area contributed by atoms with Crippen LogP contribution in [0.2, 0.25) is 0 Å². The molecule has 0 saturated carbocycles. The van der Waals surface area contributed by atoms with E-state index in [1.165, 1.54) is 0 Å². The van der Waals surface area contributed by atoms with Crippen molar-refractivity contribution in [3.05, 3.63) is 34.9 Å². The molecule has 4 heteroatoms. The van der Waals surface area contributed by atoms with Crippen LogP contribution in [0.5, 0.6) is 0 Å². The van der Waals surface area contributed by atoms with Crippen molar-refractivity contribution in [1.82, 2.24) is 0 Å². The number of nitrogens with zero attached hydrogens (tertiary/aromatic N) is 1. The van der Waals surface area contributed by atoms with E-state index in [-0.39, 0.29) is 5.88 Å². The largest absolute Gasteiger partial charge is 0.390 e. The Bertz CT molecular complexity index is 400. The summed E-state index contributed by atoms with van der Waals surface area (Å²) >= 11 is 5.50. The van der Waals surface area contributed by atoms with Gasteiger partial charge in [-0.25, -0.2) is 0 Å². The van der Waals surface area contributed by atoms with E-state index in [0.717, 1.165) is 5.56 Å². The standard InChI is InChI=1S/C12H14ClNO2/c1-8-2-3-9(7-14)10(6-8)12(16)11(15)4-5-13/h2-3,6,11-12,15-16H,4-5H2,1H3. The van der Waals surface area contributed by atoms with Gasteiger partial charge in [-0.3, -0.25) is 0 Å². The number of aliphatic hydroxyl groups excluding tert-OH is 2. The summed E-state index contributed by atoms with van der Waals surface area (Å²) in [7, 11) is 0. The van der Waals surface area contributed by atoms with Gasteiger partial charge < -0.3 is 10.2 Å². The molecular weight excluding hydrogens is 226 g/mol. The van der Waals surface area contributed by atoms with E-state index in [9.17, 15) is 10.2 Å². The number of halogens is 1. The van der Waals surface area contributed by atoms with Crippen LogP contribution in [0.3, 0.4) is 0 Å². The van der Waals surface area contributed by atoms with Gasteiger partial charge in [0.05, 0.1) is 17.7 Å². The first-order valence-electron chi connectivity index (χ1n) is 5.03. The zero-order valence-electron chi connectivity index (χ0n) is 9.02. The van der Waals surface area contributed by atoms with E-state index in [1.807, 2.05) is 13.0 Å². The molecule has 16 heavy (non-hydrogen) atoms. The number of alkyl halides is 1. The van der Waals surface area contributed by atoms with Crippen molar-refractivity contribution in [2.75, 3.05) is 5.88 Å². The summed E-state index contributed by atoms with van der Waals surface area (Å²) in [5, 5.41) is 28.4. The molecule has 0 saturated heterocycles. The van der Waals surface area contributed by atoms with Crippen LogP contribution in [-0.2, 0) is 0 Å². The third-order valence-electron chi connectivity index (χ3n) is 2.42. The van der Waals surface area contributed by atoms with E-state index in [1.54, 1.807) is 18.2 Å². The maximum absolute atomic E-state index is 9.90. The Labute approximate surface area is 99.9 Å². The summed E-state index contributed by atoms with van der Waals surface area (Å²) in [5.41, 5.74) is 1.78. The topological polar surface area (TPSA) is 64.2 Å². The lowest BCUT2D eigenvalue weighted by Gasteiger charge is -2.18. The van der Waals surface area contributed by atoms with Gasteiger partial charge in [-0.15, -0.1) is 11.6 Å². The van der Waals surface area contributed by atoms with Gasteiger partial charge >= 0.3 is 0 Å². The molecule has 2 N–H and O–H groups in total. The molecule has 0 amide bonds. The minimum Gasteiger partial charge on any atom is -0.390 e. The van der Waals surface area contributed by atoms with Crippen molar-refractivity contribution < 1.29 is 10.2 Å². The first-order chi connectivity index (χ1) is 7.60. The molecule has 0 aromatic heterocycles. The summed E-state index contributed by atoms with van der Waals surface area (Å²) in [4.78, 5) is 0. The summed E-state index contributed by atoms with van der Waals surface area (Å²) in [6.45, 7) is 1.87. The van der Waals surface area contributed by atoms with E-state index in [4.69, 9.17) is 16.9 Å². The fraction of sp³-hybridized carbons (Fsp3) is 0.417. The molecule has 0 spiro atoms. The Morgan fingerprint density at radius 2 is 2.12 bits per heavy atom. The molecule has 0 aliphatic rings. The monoisotopic (exact) mass is 239 g/mol. The highest BCUT2D eigenvalue weighted by atomic mass is 35.5. The molecule has 2 unspecified atom stereocenters. The summed E-state index contributed by atoms with van der Waals surface area (Å²) in [5.74, 6) is 0.270. The number of nitriles is 1. The van der Waals surface area contributed by atoms with Crippen molar-refractivity contribution in [2.45, 2.75) is 25.6 Å². The third-order valence-corrected chi connectivity index (χ3v) is 2.63. The van der Waals surface area contributed by atoms with Gasteiger partial charge in [0.1, 0.15) is 6.10 Å². The Kier molecular flexibility index (Phi) is 4.75. The van der Waals surface area contributed by atoms with Gasteiger partial charge in [-0.05, 0) is 19.4 Å². The van der Waals surface area contributed by atoms with Crippen molar-refractivity contribution in [3.63, 3.8) is 0 Å². The number of hydrogen-bond donors (Lipinski definition) is 2. The minimum atomic E-state index is -1.06. The first kappa shape index (κ1) is 13.0. The Morgan fingerprint density at radius 1 is 1.44 bits per heavy atom. The highest BCUT2D eigenvalue weighted by Gasteiger charge is 2.20. The first-order valence-corrected chi connectivity index (χ1v) is 5.56. The Hall–Kier alpha value is -1.08. The van der Waals surface area contributed by atoms with Crippen molar-refractivity contribution >= 4 is 11.6 Å². The summed E-state index contributed by atoms with van der Waals surface area (Å²) in [6.07, 6.45) is -1.71. The fourth-order valence-corrected chi connectivity index (χ4v) is 1.73. The minimum absolute atomic E-state index is 0.270. The van der Waals surface area contributed by atoms with Gasteiger partial charge in [0.2, 0.25) is 0 Å². The third kappa shape index (κ3) is 2.96. The average Bonchev–Trinajstić information content (AvgIpc) is 2.28. The van der Waals surface area contributed by atoms with Crippen LogP contribution in [0.4, 0.5) is 0 Å². The lowest BCUT2D eigenvalue weighted by atomic mass is 9.96. The van der Waals surface area contributed by atoms with E-state index in [0.29, 0.717) is 17.5 Å². The van der Waals surface area contributed by atoms with Crippen LogP contribution in [0.1, 0.15) is 29.2 Å². The number of rotatable bonds is 4. The molecule has 2 atom stereocenters. The lowest BCUT2D eigenvalue weighted by molar-refractivity contribution is 0.0168. The number of aliphatic hydroxyl groups is 2. The molecule has 3 nitrogen and oxygen atoms in total. The predicted molar refractivity (Wildman–Crippen MR) is 62.2 cm³/mol. The van der Waals surface area contributed by atoms with Gasteiger partial charge in [0.15, 0.2) is 0 Å². The van der Waals surface area contributed by atoms with Crippen LogP contribution in [0, 0.1) is 18.3 Å². The van der Waals surface area contributed by atoms with Gasteiger partial charge in [0, 0.05) is 11.4 Å². The fourth-order valence-electron chi connectivity index (χ4n) is 1.51. The average molecular weight is 240 g/mol. The van der Waals surface area contributed by atoms with Crippen LogP contribution in [-0.4, -0.2) is 22.2 Å². The summed E-state index contributed by atoms with van der Waals surface area (Å²) in [6, 6.07) is 7.14.